The van der Waals surface area contributed by atoms with E-state index in [-0.39, 0.29) is 11.4 Å². The van der Waals surface area contributed by atoms with Crippen LogP contribution in [0.4, 0.5) is 5.69 Å². The lowest BCUT2D eigenvalue weighted by Crippen LogP contribution is -2.35. The van der Waals surface area contributed by atoms with Crippen molar-refractivity contribution in [3.8, 4) is 11.4 Å². The molecular formula is C24H24N4O3S. The summed E-state index contributed by atoms with van der Waals surface area (Å²) >= 11 is 0. The highest BCUT2D eigenvalue weighted by atomic mass is 32.2. The molecule has 164 valence electrons. The molecule has 0 aliphatic rings. The molecule has 7 nitrogen and oxygen atoms in total. The first-order chi connectivity index (χ1) is 15.4. The van der Waals surface area contributed by atoms with Gasteiger partial charge in [0.25, 0.3) is 0 Å². The van der Waals surface area contributed by atoms with Gasteiger partial charge in [-0.25, -0.2) is 13.4 Å². The number of aromatic amines is 1. The zero-order valence-corrected chi connectivity index (χ0v) is 18.7. The lowest BCUT2D eigenvalue weighted by molar-refractivity contribution is -0.116. The molecule has 0 aliphatic carbocycles. The van der Waals surface area contributed by atoms with Crippen molar-refractivity contribution in [1.82, 2.24) is 14.3 Å². The summed E-state index contributed by atoms with van der Waals surface area (Å²) in [5, 5.41) is 2.81. The summed E-state index contributed by atoms with van der Waals surface area (Å²) < 4.78 is 27.2. The molecule has 0 saturated heterocycles. The van der Waals surface area contributed by atoms with Crippen LogP contribution in [-0.4, -0.2) is 42.2 Å². The number of anilines is 1. The highest BCUT2D eigenvalue weighted by molar-refractivity contribution is 7.89. The van der Waals surface area contributed by atoms with E-state index >= 15 is 0 Å². The number of nitrogens with zero attached hydrogens (tertiary/aromatic N) is 2. The van der Waals surface area contributed by atoms with Crippen LogP contribution in [0.2, 0.25) is 0 Å². The van der Waals surface area contributed by atoms with Crippen molar-refractivity contribution in [2.75, 3.05) is 18.9 Å². The van der Waals surface area contributed by atoms with Crippen molar-refractivity contribution in [3.05, 3.63) is 78.4 Å². The highest BCUT2D eigenvalue weighted by Crippen LogP contribution is 2.24. The summed E-state index contributed by atoms with van der Waals surface area (Å²) in [6.45, 7) is 1.70. The smallest absolute Gasteiger partial charge is 0.243 e. The Labute approximate surface area is 187 Å². The van der Waals surface area contributed by atoms with Crippen LogP contribution in [0, 0.1) is 0 Å². The fraction of sp³-hybridized carbons (Fsp3) is 0.167. The molecule has 0 bridgehead atoms. The largest absolute Gasteiger partial charge is 0.338 e. The first-order valence-electron chi connectivity index (χ1n) is 10.3. The van der Waals surface area contributed by atoms with E-state index in [1.54, 1.807) is 12.1 Å². The van der Waals surface area contributed by atoms with Crippen LogP contribution in [-0.2, 0) is 21.2 Å². The van der Waals surface area contributed by atoms with Gasteiger partial charge in [0.15, 0.2) is 0 Å². The normalized spacial score (nSPS) is 11.7. The standard InChI is InChI=1S/C24H24N4O3S/c1-3-17-9-7-8-12-20(17)25-23(29)16-28(2)32(30,31)19-13-14-21-22(15-19)27-24(26-21)18-10-5-4-6-11-18/h4-15H,3,16H2,1-2H3,(H,25,29)(H,26,27). The van der Waals surface area contributed by atoms with Crippen molar-refractivity contribution < 1.29 is 13.2 Å². The molecule has 2 N–H and O–H groups in total. The van der Waals surface area contributed by atoms with Gasteiger partial charge >= 0.3 is 0 Å². The zero-order valence-electron chi connectivity index (χ0n) is 17.9. The van der Waals surface area contributed by atoms with Gasteiger partial charge in [0.2, 0.25) is 15.9 Å². The average molecular weight is 449 g/mol. The van der Waals surface area contributed by atoms with E-state index in [1.807, 2.05) is 61.5 Å². The molecule has 1 aromatic heterocycles. The van der Waals surface area contributed by atoms with E-state index in [0.717, 1.165) is 21.9 Å². The number of nitrogens with one attached hydrogen (secondary N) is 2. The third-order valence-corrected chi connectivity index (χ3v) is 7.05. The van der Waals surface area contributed by atoms with Crippen LogP contribution in [0.1, 0.15) is 12.5 Å². The number of H-pyrrole nitrogens is 1. The predicted octanol–water partition coefficient (Wildman–Crippen LogP) is 4.05. The molecular weight excluding hydrogens is 424 g/mol. The van der Waals surface area contributed by atoms with Crippen molar-refractivity contribution >= 4 is 32.7 Å². The van der Waals surface area contributed by atoms with Gasteiger partial charge in [-0.3, -0.25) is 4.79 Å². The van der Waals surface area contributed by atoms with E-state index in [2.05, 4.69) is 15.3 Å². The van der Waals surface area contributed by atoms with Gasteiger partial charge in [-0.1, -0.05) is 55.5 Å². The number of rotatable bonds is 7. The summed E-state index contributed by atoms with van der Waals surface area (Å²) in [4.78, 5) is 20.3. The summed E-state index contributed by atoms with van der Waals surface area (Å²) in [6, 6.07) is 21.8. The van der Waals surface area contributed by atoms with Gasteiger partial charge in [0.1, 0.15) is 5.82 Å². The number of hydrogen-bond donors (Lipinski definition) is 2. The first kappa shape index (κ1) is 21.7. The SMILES string of the molecule is CCc1ccccc1NC(=O)CN(C)S(=O)(=O)c1ccc2nc(-c3ccccc3)[nH]c2c1. The Balaban J connectivity index is 1.53. The van der Waals surface area contributed by atoms with Crippen LogP contribution in [0.5, 0.6) is 0 Å². The van der Waals surface area contributed by atoms with Gasteiger partial charge in [0, 0.05) is 18.3 Å². The molecule has 0 fully saturated rings. The van der Waals surface area contributed by atoms with Crippen molar-refractivity contribution in [1.29, 1.82) is 0 Å². The number of para-hydroxylation sites is 1. The maximum atomic E-state index is 13.1. The zero-order chi connectivity index (χ0) is 22.7. The van der Waals surface area contributed by atoms with Crippen LogP contribution >= 0.6 is 0 Å². The molecule has 8 heteroatoms. The molecule has 0 radical (unpaired) electrons. The number of hydrogen-bond acceptors (Lipinski definition) is 4. The topological polar surface area (TPSA) is 95.2 Å². The second-order valence-electron chi connectivity index (χ2n) is 7.45. The summed E-state index contributed by atoms with van der Waals surface area (Å²) in [6.07, 6.45) is 0.764. The van der Waals surface area contributed by atoms with E-state index in [9.17, 15) is 13.2 Å². The Bertz CT molecular complexity index is 1360. The quantitative estimate of drug-likeness (QED) is 0.446. The number of likely N-dealkylation sites (N-methyl/N-ethyl adjacent to an activating group) is 1. The number of amides is 1. The Hall–Kier alpha value is -3.49. The third-order valence-electron chi connectivity index (χ3n) is 5.25. The maximum absolute atomic E-state index is 13.1. The number of sulfonamides is 1. The summed E-state index contributed by atoms with van der Waals surface area (Å²) in [5.41, 5.74) is 3.87. The molecule has 0 atom stereocenters. The molecule has 1 amide bonds. The molecule has 0 spiro atoms. The van der Waals surface area contributed by atoms with Crippen molar-refractivity contribution in [3.63, 3.8) is 0 Å². The Morgan fingerprint density at radius 3 is 2.50 bits per heavy atom. The Kier molecular flexibility index (Phi) is 6.07. The minimum atomic E-state index is -3.86. The van der Waals surface area contributed by atoms with Crippen LogP contribution < -0.4 is 5.32 Å². The van der Waals surface area contributed by atoms with Gasteiger partial charge < -0.3 is 10.3 Å². The first-order valence-corrected chi connectivity index (χ1v) is 11.7. The highest BCUT2D eigenvalue weighted by Gasteiger charge is 2.24. The van der Waals surface area contributed by atoms with Gasteiger partial charge in [-0.15, -0.1) is 0 Å². The molecule has 4 rings (SSSR count). The van der Waals surface area contributed by atoms with Gasteiger partial charge in [0.05, 0.1) is 22.5 Å². The Morgan fingerprint density at radius 2 is 1.75 bits per heavy atom. The third kappa shape index (κ3) is 4.42. The lowest BCUT2D eigenvalue weighted by atomic mass is 10.1. The van der Waals surface area contributed by atoms with Gasteiger partial charge in [-0.05, 0) is 36.2 Å². The summed E-state index contributed by atoms with van der Waals surface area (Å²) in [5.74, 6) is 0.267. The minimum absolute atomic E-state index is 0.0949. The molecule has 3 aromatic carbocycles. The maximum Gasteiger partial charge on any atom is 0.243 e. The van der Waals surface area contributed by atoms with Gasteiger partial charge in [-0.2, -0.15) is 4.31 Å². The average Bonchev–Trinajstić information content (AvgIpc) is 3.23. The lowest BCUT2D eigenvalue weighted by Gasteiger charge is -2.17. The molecule has 32 heavy (non-hydrogen) atoms. The number of aryl methyl sites for hydroxylation is 1. The number of fused-ring (bicyclic) bond motifs is 1. The molecule has 0 saturated carbocycles. The number of benzene rings is 3. The van der Waals surface area contributed by atoms with E-state index < -0.39 is 15.9 Å². The van der Waals surface area contributed by atoms with E-state index in [0.29, 0.717) is 22.5 Å². The van der Waals surface area contributed by atoms with E-state index in [1.165, 1.54) is 13.1 Å². The number of imidazole rings is 1. The predicted molar refractivity (Wildman–Crippen MR) is 126 cm³/mol. The fourth-order valence-corrected chi connectivity index (χ4v) is 4.64. The fourth-order valence-electron chi connectivity index (χ4n) is 3.49. The van der Waals surface area contributed by atoms with Crippen LogP contribution in [0.15, 0.2) is 77.7 Å². The number of carbonyl (C=O) groups excluding carboxylic acids is 1. The second kappa shape index (κ2) is 8.94. The number of aromatic nitrogens is 2. The van der Waals surface area contributed by atoms with Crippen LogP contribution in [0.3, 0.4) is 0 Å². The molecule has 4 aromatic rings. The molecule has 1 heterocycles. The minimum Gasteiger partial charge on any atom is -0.338 e. The monoisotopic (exact) mass is 448 g/mol. The van der Waals surface area contributed by atoms with Crippen LogP contribution in [0.25, 0.3) is 22.4 Å². The van der Waals surface area contributed by atoms with Crippen molar-refractivity contribution in [2.24, 2.45) is 0 Å². The number of carbonyl (C=O) groups is 1. The van der Waals surface area contributed by atoms with E-state index in [4.69, 9.17) is 0 Å². The Morgan fingerprint density at radius 1 is 1.03 bits per heavy atom. The molecule has 0 aliphatic heterocycles. The van der Waals surface area contributed by atoms with Crippen molar-refractivity contribution in [2.45, 2.75) is 18.2 Å². The molecule has 0 unspecified atom stereocenters. The second-order valence-corrected chi connectivity index (χ2v) is 9.50. The summed E-state index contributed by atoms with van der Waals surface area (Å²) in [7, 11) is -2.47.